The maximum atomic E-state index is 13.5. The number of benzene rings is 1. The first-order valence-corrected chi connectivity index (χ1v) is 7.60. The van der Waals surface area contributed by atoms with Crippen molar-refractivity contribution in [1.29, 1.82) is 0 Å². The van der Waals surface area contributed by atoms with E-state index in [1.807, 2.05) is 0 Å². The molecule has 1 aromatic rings. The van der Waals surface area contributed by atoms with Crippen LogP contribution < -0.4 is 4.90 Å². The summed E-state index contributed by atoms with van der Waals surface area (Å²) in [6.07, 6.45) is -3.89. The maximum absolute atomic E-state index is 13.5. The average molecular weight is 335 g/mol. The van der Waals surface area contributed by atoms with Crippen molar-refractivity contribution in [3.63, 3.8) is 0 Å². The zero-order valence-electron chi connectivity index (χ0n) is 12.9. The molecular formula is C16H21F4NO2. The van der Waals surface area contributed by atoms with E-state index in [9.17, 15) is 22.7 Å². The topological polar surface area (TPSA) is 32.7 Å². The van der Waals surface area contributed by atoms with Gasteiger partial charge in [-0.3, -0.25) is 0 Å². The minimum Gasteiger partial charge on any atom is -0.383 e. The van der Waals surface area contributed by atoms with E-state index in [2.05, 4.69) is 0 Å². The quantitative estimate of drug-likeness (QED) is 0.836. The zero-order chi connectivity index (χ0) is 17.1. The Morgan fingerprint density at radius 1 is 1.26 bits per heavy atom. The number of nitrogens with zero attached hydrogens (tertiary/aromatic N) is 1. The SMILES string of the molecule is COCCN(c1ccc(F)cc1)[C@@H]1CCCC[C@]1(O)C(F)(F)F. The Morgan fingerprint density at radius 2 is 1.91 bits per heavy atom. The van der Waals surface area contributed by atoms with E-state index in [0.717, 1.165) is 0 Å². The summed E-state index contributed by atoms with van der Waals surface area (Å²) in [7, 11) is 1.46. The van der Waals surface area contributed by atoms with Crippen molar-refractivity contribution in [1.82, 2.24) is 0 Å². The summed E-state index contributed by atoms with van der Waals surface area (Å²) >= 11 is 0. The second kappa shape index (κ2) is 7.05. The molecule has 130 valence electrons. The molecule has 0 radical (unpaired) electrons. The first-order chi connectivity index (χ1) is 10.8. The van der Waals surface area contributed by atoms with Gasteiger partial charge in [-0.1, -0.05) is 12.8 Å². The Labute approximate surface area is 132 Å². The second-order valence-electron chi connectivity index (χ2n) is 5.85. The highest BCUT2D eigenvalue weighted by Gasteiger charge is 2.60. The molecule has 0 aliphatic heterocycles. The molecule has 3 nitrogen and oxygen atoms in total. The van der Waals surface area contributed by atoms with Crippen LogP contribution in [0.15, 0.2) is 24.3 Å². The smallest absolute Gasteiger partial charge is 0.383 e. The number of anilines is 1. The number of halogens is 4. The molecule has 1 aromatic carbocycles. The van der Waals surface area contributed by atoms with Crippen molar-refractivity contribution in [3.05, 3.63) is 30.1 Å². The van der Waals surface area contributed by atoms with E-state index in [-0.39, 0.29) is 26.0 Å². The summed E-state index contributed by atoms with van der Waals surface area (Å²) < 4.78 is 58.5. The average Bonchev–Trinajstić information content (AvgIpc) is 2.50. The fraction of sp³-hybridized carbons (Fsp3) is 0.625. The molecule has 0 aromatic heterocycles. The Morgan fingerprint density at radius 3 is 2.48 bits per heavy atom. The van der Waals surface area contributed by atoms with Gasteiger partial charge in [-0.2, -0.15) is 13.2 Å². The lowest BCUT2D eigenvalue weighted by Gasteiger charge is -2.47. The Hall–Kier alpha value is -1.34. The fourth-order valence-corrected chi connectivity index (χ4v) is 3.17. The van der Waals surface area contributed by atoms with Gasteiger partial charge in [0.1, 0.15) is 5.82 Å². The molecule has 0 unspecified atom stereocenters. The van der Waals surface area contributed by atoms with Gasteiger partial charge in [0.05, 0.1) is 12.6 Å². The molecule has 0 saturated heterocycles. The van der Waals surface area contributed by atoms with E-state index < -0.39 is 23.6 Å². The fourth-order valence-electron chi connectivity index (χ4n) is 3.17. The Balaban J connectivity index is 2.37. The normalized spacial score (nSPS) is 25.4. The van der Waals surface area contributed by atoms with Crippen LogP contribution >= 0.6 is 0 Å². The van der Waals surface area contributed by atoms with Gasteiger partial charge in [-0.25, -0.2) is 4.39 Å². The number of rotatable bonds is 5. The van der Waals surface area contributed by atoms with Crippen LogP contribution in [0.4, 0.5) is 23.2 Å². The largest absolute Gasteiger partial charge is 0.419 e. The van der Waals surface area contributed by atoms with Gasteiger partial charge in [-0.15, -0.1) is 0 Å². The summed E-state index contributed by atoms with van der Waals surface area (Å²) in [4.78, 5) is 1.48. The predicted molar refractivity (Wildman–Crippen MR) is 78.9 cm³/mol. The number of methoxy groups -OCH3 is 1. The number of aliphatic hydroxyl groups is 1. The van der Waals surface area contributed by atoms with Gasteiger partial charge in [0.2, 0.25) is 0 Å². The van der Waals surface area contributed by atoms with Gasteiger partial charge in [-0.05, 0) is 37.1 Å². The van der Waals surface area contributed by atoms with Crippen LogP contribution in [-0.4, -0.2) is 43.2 Å². The summed E-state index contributed by atoms with van der Waals surface area (Å²) in [5.41, 5.74) is -2.33. The number of hydrogen-bond acceptors (Lipinski definition) is 3. The summed E-state index contributed by atoms with van der Waals surface area (Å²) in [5, 5.41) is 10.4. The van der Waals surface area contributed by atoms with Gasteiger partial charge >= 0.3 is 6.18 Å². The second-order valence-corrected chi connectivity index (χ2v) is 5.85. The van der Waals surface area contributed by atoms with Gasteiger partial charge < -0.3 is 14.7 Å². The van der Waals surface area contributed by atoms with E-state index >= 15 is 0 Å². The molecule has 1 aliphatic carbocycles. The lowest BCUT2D eigenvalue weighted by molar-refractivity contribution is -0.275. The molecule has 0 bridgehead atoms. The molecular weight excluding hydrogens is 314 g/mol. The molecule has 1 aliphatic rings. The zero-order valence-corrected chi connectivity index (χ0v) is 12.9. The molecule has 0 amide bonds. The first-order valence-electron chi connectivity index (χ1n) is 7.60. The van der Waals surface area contributed by atoms with Crippen molar-refractivity contribution in [3.8, 4) is 0 Å². The summed E-state index contributed by atoms with van der Waals surface area (Å²) in [6, 6.07) is 4.14. The van der Waals surface area contributed by atoms with Crippen molar-refractivity contribution in [2.24, 2.45) is 0 Å². The van der Waals surface area contributed by atoms with Crippen LogP contribution in [0.25, 0.3) is 0 Å². The molecule has 2 atom stereocenters. The molecule has 7 heteroatoms. The molecule has 1 fully saturated rings. The van der Waals surface area contributed by atoms with Crippen LogP contribution in [0.2, 0.25) is 0 Å². The highest BCUT2D eigenvalue weighted by molar-refractivity contribution is 5.48. The number of alkyl halides is 3. The summed E-state index contributed by atoms with van der Waals surface area (Å²) in [6.45, 7) is 0.396. The van der Waals surface area contributed by atoms with E-state index in [0.29, 0.717) is 18.5 Å². The predicted octanol–water partition coefficient (Wildman–Crippen LogP) is 3.51. The minimum atomic E-state index is -4.72. The third kappa shape index (κ3) is 3.77. The highest BCUT2D eigenvalue weighted by Crippen LogP contribution is 2.44. The molecule has 23 heavy (non-hydrogen) atoms. The molecule has 1 N–H and O–H groups in total. The van der Waals surface area contributed by atoms with Crippen LogP contribution in [0.3, 0.4) is 0 Å². The first kappa shape index (κ1) is 18.0. The minimum absolute atomic E-state index is 0.186. The van der Waals surface area contributed by atoms with Crippen molar-refractivity contribution in [2.75, 3.05) is 25.2 Å². The van der Waals surface area contributed by atoms with E-state index in [4.69, 9.17) is 4.74 Å². The van der Waals surface area contributed by atoms with Crippen LogP contribution in [0, 0.1) is 5.82 Å². The van der Waals surface area contributed by atoms with Crippen molar-refractivity contribution < 1.29 is 27.4 Å². The standard InChI is InChI=1S/C16H21F4NO2/c1-23-11-10-21(13-7-5-12(17)6-8-13)14-4-2-3-9-15(14,22)16(18,19)20/h5-8,14,22H,2-4,9-11H2,1H3/t14-,15-/m1/s1. The third-order valence-corrected chi connectivity index (χ3v) is 4.40. The van der Waals surface area contributed by atoms with E-state index in [1.165, 1.54) is 36.3 Å². The number of hydrogen-bond donors (Lipinski definition) is 1. The number of ether oxygens (including phenoxy) is 1. The lowest BCUT2D eigenvalue weighted by atomic mass is 9.78. The monoisotopic (exact) mass is 335 g/mol. The van der Waals surface area contributed by atoms with E-state index in [1.54, 1.807) is 0 Å². The molecule has 1 saturated carbocycles. The molecule has 0 spiro atoms. The summed E-state index contributed by atoms with van der Waals surface area (Å²) in [5.74, 6) is -0.463. The van der Waals surface area contributed by atoms with Crippen LogP contribution in [-0.2, 0) is 4.74 Å². The highest BCUT2D eigenvalue weighted by atomic mass is 19.4. The maximum Gasteiger partial charge on any atom is 0.419 e. The van der Waals surface area contributed by atoms with Crippen molar-refractivity contribution in [2.45, 2.75) is 43.5 Å². The van der Waals surface area contributed by atoms with Gasteiger partial charge in [0, 0.05) is 19.3 Å². The van der Waals surface area contributed by atoms with Gasteiger partial charge in [0.25, 0.3) is 0 Å². The Kier molecular flexibility index (Phi) is 5.52. The van der Waals surface area contributed by atoms with Crippen molar-refractivity contribution >= 4 is 5.69 Å². The van der Waals surface area contributed by atoms with Gasteiger partial charge in [0.15, 0.2) is 5.60 Å². The molecule has 2 rings (SSSR count). The lowest BCUT2D eigenvalue weighted by Crippen LogP contribution is -2.63. The molecule has 0 heterocycles. The van der Waals surface area contributed by atoms with Crippen LogP contribution in [0.5, 0.6) is 0 Å². The third-order valence-electron chi connectivity index (χ3n) is 4.40. The van der Waals surface area contributed by atoms with Crippen LogP contribution in [0.1, 0.15) is 25.7 Å². The Bertz CT molecular complexity index is 506.